The number of aromatic nitrogens is 3. The van der Waals surface area contributed by atoms with Crippen LogP contribution >= 0.6 is 0 Å². The lowest BCUT2D eigenvalue weighted by Gasteiger charge is -2.21. The van der Waals surface area contributed by atoms with E-state index in [0.717, 1.165) is 18.2 Å². The van der Waals surface area contributed by atoms with Crippen LogP contribution in [0.1, 0.15) is 22.9 Å². The zero-order valence-corrected chi connectivity index (χ0v) is 10.7. The number of nitrogens with one attached hydrogen (secondary N) is 1. The van der Waals surface area contributed by atoms with Crippen LogP contribution in [0.25, 0.3) is 0 Å². The minimum atomic E-state index is -4.57. The molecule has 1 N–H and O–H groups in total. The summed E-state index contributed by atoms with van der Waals surface area (Å²) in [4.78, 5) is 0. The molecule has 0 saturated heterocycles. The molecule has 0 radical (unpaired) electrons. The van der Waals surface area contributed by atoms with Crippen molar-refractivity contribution in [2.24, 2.45) is 7.05 Å². The van der Waals surface area contributed by atoms with Gasteiger partial charge in [0.25, 0.3) is 0 Å². The summed E-state index contributed by atoms with van der Waals surface area (Å²) in [5.74, 6) is -0.733. The van der Waals surface area contributed by atoms with Gasteiger partial charge in [-0.15, -0.1) is 5.10 Å². The van der Waals surface area contributed by atoms with Gasteiger partial charge in [-0.3, -0.25) is 4.68 Å². The topological polar surface area (TPSA) is 42.7 Å². The normalized spacial score (nSPS) is 13.5. The molecule has 0 spiro atoms. The second kappa shape index (κ2) is 5.20. The van der Waals surface area contributed by atoms with Gasteiger partial charge in [-0.2, -0.15) is 13.2 Å². The Kier molecular flexibility index (Phi) is 3.76. The average molecular weight is 288 g/mol. The molecule has 0 saturated carbocycles. The number of aryl methyl sites for hydroxylation is 1. The maximum absolute atomic E-state index is 13.3. The van der Waals surface area contributed by atoms with Gasteiger partial charge in [0.2, 0.25) is 0 Å². The van der Waals surface area contributed by atoms with Crippen LogP contribution in [0.2, 0.25) is 0 Å². The molecule has 8 heteroatoms. The molecule has 1 aromatic heterocycles. The van der Waals surface area contributed by atoms with Crippen molar-refractivity contribution in [3.63, 3.8) is 0 Å². The van der Waals surface area contributed by atoms with E-state index in [0.29, 0.717) is 5.69 Å². The molecule has 1 atom stereocenters. The number of rotatable bonds is 3. The molecule has 1 aromatic carbocycles. The fourth-order valence-electron chi connectivity index (χ4n) is 2.05. The van der Waals surface area contributed by atoms with Crippen molar-refractivity contribution in [3.8, 4) is 0 Å². The van der Waals surface area contributed by atoms with Crippen LogP contribution < -0.4 is 5.32 Å². The van der Waals surface area contributed by atoms with Crippen LogP contribution in [0.3, 0.4) is 0 Å². The first-order chi connectivity index (χ1) is 9.34. The number of nitrogens with zero attached hydrogens (tertiary/aromatic N) is 3. The van der Waals surface area contributed by atoms with Gasteiger partial charge in [0.05, 0.1) is 23.5 Å². The molecule has 108 valence electrons. The lowest BCUT2D eigenvalue weighted by Crippen LogP contribution is -2.24. The third-order valence-electron chi connectivity index (χ3n) is 2.96. The quantitative estimate of drug-likeness (QED) is 0.881. The van der Waals surface area contributed by atoms with Gasteiger partial charge in [-0.1, -0.05) is 5.21 Å². The van der Waals surface area contributed by atoms with E-state index in [2.05, 4.69) is 15.6 Å². The second-order valence-corrected chi connectivity index (χ2v) is 4.23. The minimum Gasteiger partial charge on any atom is -0.308 e. The number of halogens is 4. The summed E-state index contributed by atoms with van der Waals surface area (Å²) in [6.45, 7) is 0. The summed E-state index contributed by atoms with van der Waals surface area (Å²) in [6, 6.07) is 1.54. The van der Waals surface area contributed by atoms with E-state index in [4.69, 9.17) is 0 Å². The standard InChI is InChI=1S/C12H12F4N4/c1-17-11(10-6-18-19-20(10)2)8-5-7(13)3-4-9(8)12(14,15)16/h3-6,11,17H,1-2H3. The third-order valence-corrected chi connectivity index (χ3v) is 2.96. The zero-order chi connectivity index (χ0) is 14.9. The van der Waals surface area contributed by atoms with Gasteiger partial charge in [0.15, 0.2) is 0 Å². The minimum absolute atomic E-state index is 0.203. The highest BCUT2D eigenvalue weighted by molar-refractivity contribution is 5.37. The van der Waals surface area contributed by atoms with Gasteiger partial charge in [0.1, 0.15) is 5.82 Å². The summed E-state index contributed by atoms with van der Waals surface area (Å²) >= 11 is 0. The van der Waals surface area contributed by atoms with E-state index in [1.54, 1.807) is 7.05 Å². The van der Waals surface area contributed by atoms with E-state index in [1.807, 2.05) is 0 Å². The van der Waals surface area contributed by atoms with Gasteiger partial charge >= 0.3 is 6.18 Å². The predicted octanol–water partition coefficient (Wildman–Crippen LogP) is 2.28. The van der Waals surface area contributed by atoms with Crippen LogP contribution in [0.4, 0.5) is 17.6 Å². The Morgan fingerprint density at radius 3 is 2.50 bits per heavy atom. The highest BCUT2D eigenvalue weighted by Gasteiger charge is 2.36. The van der Waals surface area contributed by atoms with Crippen molar-refractivity contribution < 1.29 is 17.6 Å². The summed E-state index contributed by atoms with van der Waals surface area (Å²) in [6.07, 6.45) is -3.23. The molecule has 0 fully saturated rings. The summed E-state index contributed by atoms with van der Waals surface area (Å²) in [5.41, 5.74) is -0.687. The van der Waals surface area contributed by atoms with Crippen LogP contribution in [-0.2, 0) is 13.2 Å². The number of hydrogen-bond donors (Lipinski definition) is 1. The zero-order valence-electron chi connectivity index (χ0n) is 10.7. The Hall–Kier alpha value is -1.96. The van der Waals surface area contributed by atoms with Gasteiger partial charge in [-0.25, -0.2) is 4.39 Å². The van der Waals surface area contributed by atoms with E-state index >= 15 is 0 Å². The fraction of sp³-hybridized carbons (Fsp3) is 0.333. The van der Waals surface area contributed by atoms with E-state index < -0.39 is 23.6 Å². The molecule has 4 nitrogen and oxygen atoms in total. The molecule has 1 heterocycles. The third kappa shape index (κ3) is 2.64. The molecular formula is C12H12F4N4. The Bertz CT molecular complexity index is 606. The Morgan fingerprint density at radius 1 is 1.30 bits per heavy atom. The molecule has 0 aliphatic heterocycles. The Labute approximate surface area is 112 Å². The van der Waals surface area contributed by atoms with Crippen LogP contribution in [-0.4, -0.2) is 22.0 Å². The Morgan fingerprint density at radius 2 is 2.00 bits per heavy atom. The van der Waals surface area contributed by atoms with Crippen molar-refractivity contribution in [2.45, 2.75) is 12.2 Å². The largest absolute Gasteiger partial charge is 0.416 e. The molecule has 20 heavy (non-hydrogen) atoms. The first kappa shape index (κ1) is 14.4. The molecule has 0 amide bonds. The Balaban J connectivity index is 2.60. The number of alkyl halides is 3. The van der Waals surface area contributed by atoms with Crippen molar-refractivity contribution in [1.29, 1.82) is 0 Å². The first-order valence-corrected chi connectivity index (χ1v) is 5.73. The van der Waals surface area contributed by atoms with Crippen molar-refractivity contribution in [3.05, 3.63) is 47.0 Å². The van der Waals surface area contributed by atoms with Crippen molar-refractivity contribution >= 4 is 0 Å². The summed E-state index contributed by atoms with van der Waals surface area (Å²) in [7, 11) is 3.04. The second-order valence-electron chi connectivity index (χ2n) is 4.23. The smallest absolute Gasteiger partial charge is 0.308 e. The van der Waals surface area contributed by atoms with Crippen molar-refractivity contribution in [2.75, 3.05) is 7.05 Å². The van der Waals surface area contributed by atoms with Gasteiger partial charge in [-0.05, 0) is 30.8 Å². The molecular weight excluding hydrogens is 276 g/mol. The van der Waals surface area contributed by atoms with Crippen LogP contribution in [0.15, 0.2) is 24.4 Å². The molecule has 2 aromatic rings. The van der Waals surface area contributed by atoms with Crippen molar-refractivity contribution in [1.82, 2.24) is 20.3 Å². The molecule has 0 bridgehead atoms. The molecule has 2 rings (SSSR count). The average Bonchev–Trinajstić information content (AvgIpc) is 2.75. The monoisotopic (exact) mass is 288 g/mol. The van der Waals surface area contributed by atoms with Gasteiger partial charge in [0, 0.05) is 7.05 Å². The maximum Gasteiger partial charge on any atom is 0.416 e. The predicted molar refractivity (Wildman–Crippen MR) is 63.3 cm³/mol. The molecule has 0 aliphatic rings. The lowest BCUT2D eigenvalue weighted by molar-refractivity contribution is -0.138. The van der Waals surface area contributed by atoms with E-state index in [1.165, 1.54) is 17.9 Å². The first-order valence-electron chi connectivity index (χ1n) is 5.73. The van der Waals surface area contributed by atoms with Crippen LogP contribution in [0, 0.1) is 5.82 Å². The number of hydrogen-bond acceptors (Lipinski definition) is 3. The fourth-order valence-corrected chi connectivity index (χ4v) is 2.05. The maximum atomic E-state index is 13.3. The SMILES string of the molecule is CNC(c1cc(F)ccc1C(F)(F)F)c1cnnn1C. The molecule has 0 aliphatic carbocycles. The summed E-state index contributed by atoms with van der Waals surface area (Å²) < 4.78 is 53.8. The van der Waals surface area contributed by atoms with Crippen LogP contribution in [0.5, 0.6) is 0 Å². The summed E-state index contributed by atoms with van der Waals surface area (Å²) in [5, 5.41) is 10.0. The van der Waals surface area contributed by atoms with E-state index in [9.17, 15) is 17.6 Å². The number of benzene rings is 1. The lowest BCUT2D eigenvalue weighted by atomic mass is 9.97. The molecule has 1 unspecified atom stereocenters. The highest BCUT2D eigenvalue weighted by atomic mass is 19.4. The van der Waals surface area contributed by atoms with Gasteiger partial charge < -0.3 is 5.32 Å². The van der Waals surface area contributed by atoms with E-state index in [-0.39, 0.29) is 5.56 Å². The highest BCUT2D eigenvalue weighted by Crippen LogP contribution is 2.36.